The molecule has 0 atom stereocenters. The number of rotatable bonds is 2. The first-order valence-electron chi connectivity index (χ1n) is 8.02. The molecular weight excluding hydrogens is 294 g/mol. The molecule has 120 valence electrons. The van der Waals surface area contributed by atoms with Gasteiger partial charge in [0.25, 0.3) is 11.8 Å². The molecule has 0 saturated carbocycles. The van der Waals surface area contributed by atoms with Crippen molar-refractivity contribution in [3.8, 4) is 11.5 Å². The van der Waals surface area contributed by atoms with E-state index in [-0.39, 0.29) is 5.91 Å². The molecule has 1 fully saturated rings. The Morgan fingerprint density at radius 3 is 2.91 bits per heavy atom. The Morgan fingerprint density at radius 1 is 1.17 bits per heavy atom. The van der Waals surface area contributed by atoms with Crippen molar-refractivity contribution < 1.29 is 9.32 Å². The largest absolute Gasteiger partial charge is 0.336 e. The first-order valence-corrected chi connectivity index (χ1v) is 8.02. The fourth-order valence-corrected chi connectivity index (χ4v) is 3.03. The Balaban J connectivity index is 1.60. The number of fused-ring (bicyclic) bond motifs is 1. The molecule has 0 radical (unpaired) electrons. The molecule has 1 amide bonds. The summed E-state index contributed by atoms with van der Waals surface area (Å²) in [6.07, 6.45) is 2.30. The lowest BCUT2D eigenvalue weighted by Gasteiger charge is -2.25. The molecule has 2 aromatic rings. The number of amides is 1. The van der Waals surface area contributed by atoms with Gasteiger partial charge in [-0.3, -0.25) is 4.79 Å². The molecule has 0 unspecified atom stereocenters. The third-order valence-corrected chi connectivity index (χ3v) is 4.29. The highest BCUT2D eigenvalue weighted by molar-refractivity contribution is 5.92. The van der Waals surface area contributed by atoms with Crippen molar-refractivity contribution in [2.24, 2.45) is 0 Å². The number of nitrogens with one attached hydrogen (secondary N) is 2. The van der Waals surface area contributed by atoms with Crippen LogP contribution in [0.25, 0.3) is 11.5 Å². The Morgan fingerprint density at radius 2 is 2.04 bits per heavy atom. The lowest BCUT2D eigenvalue weighted by Crippen LogP contribution is -2.44. The number of aryl methyl sites for hydroxylation is 1. The predicted molar refractivity (Wildman–Crippen MR) is 86.4 cm³/mol. The molecule has 7 nitrogen and oxygen atoms in total. The van der Waals surface area contributed by atoms with Crippen LogP contribution in [0.2, 0.25) is 0 Å². The van der Waals surface area contributed by atoms with Crippen LogP contribution in [0.5, 0.6) is 0 Å². The molecule has 2 aliphatic rings. The maximum Gasteiger partial charge on any atom is 0.266 e. The average molecular weight is 313 g/mol. The Kier molecular flexibility index (Phi) is 3.70. The molecule has 2 N–H and O–H groups in total. The summed E-state index contributed by atoms with van der Waals surface area (Å²) in [5, 5.41) is 10.3. The van der Waals surface area contributed by atoms with E-state index < -0.39 is 0 Å². The van der Waals surface area contributed by atoms with Crippen LogP contribution >= 0.6 is 0 Å². The summed E-state index contributed by atoms with van der Waals surface area (Å²) in [7, 11) is 0. The van der Waals surface area contributed by atoms with Crippen LogP contribution < -0.4 is 15.5 Å². The van der Waals surface area contributed by atoms with E-state index in [4.69, 9.17) is 4.52 Å². The predicted octanol–water partition coefficient (Wildman–Crippen LogP) is 1.42. The van der Waals surface area contributed by atoms with E-state index >= 15 is 0 Å². The van der Waals surface area contributed by atoms with Crippen LogP contribution in [0, 0.1) is 0 Å². The van der Waals surface area contributed by atoms with Gasteiger partial charge in [-0.15, -0.1) is 0 Å². The van der Waals surface area contributed by atoms with E-state index in [0.717, 1.165) is 55.8 Å². The van der Waals surface area contributed by atoms with Crippen molar-refractivity contribution in [2.45, 2.75) is 19.3 Å². The van der Waals surface area contributed by atoms with Gasteiger partial charge in [0.2, 0.25) is 5.91 Å². The van der Waals surface area contributed by atoms with Crippen LogP contribution in [0.15, 0.2) is 22.7 Å². The molecule has 1 aromatic heterocycles. The Hall–Kier alpha value is -2.41. The van der Waals surface area contributed by atoms with Crippen molar-refractivity contribution in [3.63, 3.8) is 0 Å². The molecule has 23 heavy (non-hydrogen) atoms. The van der Waals surface area contributed by atoms with Crippen LogP contribution in [-0.2, 0) is 11.2 Å². The van der Waals surface area contributed by atoms with E-state index in [0.29, 0.717) is 18.3 Å². The zero-order valence-electron chi connectivity index (χ0n) is 12.8. The van der Waals surface area contributed by atoms with E-state index in [2.05, 4.69) is 25.7 Å². The molecule has 4 rings (SSSR count). The molecule has 0 bridgehead atoms. The van der Waals surface area contributed by atoms with Crippen molar-refractivity contribution >= 4 is 17.5 Å². The number of hydrogen-bond donors (Lipinski definition) is 2. The van der Waals surface area contributed by atoms with E-state index in [1.807, 2.05) is 18.2 Å². The fraction of sp³-hybridized carbons (Fsp3) is 0.438. The average Bonchev–Trinajstić information content (AvgIpc) is 2.99. The number of carbonyl (C=O) groups excluding carboxylic acids is 1. The monoisotopic (exact) mass is 313 g/mol. The second kappa shape index (κ2) is 6.00. The van der Waals surface area contributed by atoms with Gasteiger partial charge in [0.15, 0.2) is 0 Å². The molecule has 7 heteroatoms. The number of anilines is 2. The lowest BCUT2D eigenvalue weighted by molar-refractivity contribution is -0.116. The van der Waals surface area contributed by atoms with Crippen molar-refractivity contribution in [3.05, 3.63) is 23.8 Å². The highest BCUT2D eigenvalue weighted by Gasteiger charge is 2.19. The summed E-state index contributed by atoms with van der Waals surface area (Å²) in [5.74, 6) is 1.25. The van der Waals surface area contributed by atoms with E-state index in [1.54, 1.807) is 0 Å². The first-order chi connectivity index (χ1) is 11.3. The number of aromatic nitrogens is 2. The maximum absolute atomic E-state index is 11.6. The van der Waals surface area contributed by atoms with Gasteiger partial charge in [-0.1, -0.05) is 0 Å². The van der Waals surface area contributed by atoms with Gasteiger partial charge < -0.3 is 20.1 Å². The SMILES string of the molecule is O=C1CCCc2cc(-c3nc(N4CCNCC4)no3)ccc2N1. The third-order valence-electron chi connectivity index (χ3n) is 4.29. The minimum absolute atomic E-state index is 0.0790. The zero-order valence-corrected chi connectivity index (χ0v) is 12.8. The molecule has 1 saturated heterocycles. The van der Waals surface area contributed by atoms with Crippen molar-refractivity contribution in [1.29, 1.82) is 0 Å². The van der Waals surface area contributed by atoms with Gasteiger partial charge in [-0.05, 0) is 41.8 Å². The van der Waals surface area contributed by atoms with Crippen LogP contribution in [0.3, 0.4) is 0 Å². The number of piperazine rings is 1. The molecular formula is C16H19N5O2. The Bertz CT molecular complexity index is 721. The highest BCUT2D eigenvalue weighted by atomic mass is 16.5. The van der Waals surface area contributed by atoms with Gasteiger partial charge in [0, 0.05) is 43.9 Å². The summed E-state index contributed by atoms with van der Waals surface area (Å²) in [5.41, 5.74) is 2.90. The molecule has 3 heterocycles. The zero-order chi connectivity index (χ0) is 15.6. The van der Waals surface area contributed by atoms with Crippen molar-refractivity contribution in [1.82, 2.24) is 15.5 Å². The van der Waals surface area contributed by atoms with E-state index in [1.165, 1.54) is 0 Å². The highest BCUT2D eigenvalue weighted by Crippen LogP contribution is 2.28. The normalized spacial score (nSPS) is 18.3. The Labute approximate surface area is 134 Å². The summed E-state index contributed by atoms with van der Waals surface area (Å²) < 4.78 is 5.44. The smallest absolute Gasteiger partial charge is 0.266 e. The van der Waals surface area contributed by atoms with Gasteiger partial charge in [-0.25, -0.2) is 0 Å². The maximum atomic E-state index is 11.6. The number of hydrogen-bond acceptors (Lipinski definition) is 6. The molecule has 0 spiro atoms. The second-order valence-electron chi connectivity index (χ2n) is 5.91. The minimum Gasteiger partial charge on any atom is -0.336 e. The standard InChI is InChI=1S/C16H19N5O2/c22-14-3-1-2-11-10-12(4-5-13(11)18-14)15-19-16(20-23-15)21-8-6-17-7-9-21/h4-5,10,17H,1-3,6-9H2,(H,18,22). The number of benzene rings is 1. The number of nitrogens with zero attached hydrogens (tertiary/aromatic N) is 3. The first kappa shape index (κ1) is 14.2. The van der Waals surface area contributed by atoms with Gasteiger partial charge in [0.05, 0.1) is 0 Å². The number of carbonyl (C=O) groups is 1. The van der Waals surface area contributed by atoms with Crippen LogP contribution in [0.4, 0.5) is 11.6 Å². The molecule has 0 aliphatic carbocycles. The third kappa shape index (κ3) is 2.92. The lowest BCUT2D eigenvalue weighted by atomic mass is 10.0. The van der Waals surface area contributed by atoms with Crippen molar-refractivity contribution in [2.75, 3.05) is 36.4 Å². The summed E-state index contributed by atoms with van der Waals surface area (Å²) in [6, 6.07) is 5.87. The summed E-state index contributed by atoms with van der Waals surface area (Å²) in [6.45, 7) is 3.63. The van der Waals surface area contributed by atoms with Gasteiger partial charge >= 0.3 is 0 Å². The second-order valence-corrected chi connectivity index (χ2v) is 5.91. The summed E-state index contributed by atoms with van der Waals surface area (Å²) in [4.78, 5) is 18.3. The van der Waals surface area contributed by atoms with Gasteiger partial charge in [0.1, 0.15) is 0 Å². The summed E-state index contributed by atoms with van der Waals surface area (Å²) >= 11 is 0. The van der Waals surface area contributed by atoms with Crippen LogP contribution in [-0.4, -0.2) is 42.2 Å². The molecule has 2 aliphatic heterocycles. The fourth-order valence-electron chi connectivity index (χ4n) is 3.03. The van der Waals surface area contributed by atoms with Gasteiger partial charge in [-0.2, -0.15) is 4.98 Å². The minimum atomic E-state index is 0.0790. The van der Waals surface area contributed by atoms with Crippen LogP contribution in [0.1, 0.15) is 18.4 Å². The topological polar surface area (TPSA) is 83.3 Å². The molecule has 1 aromatic carbocycles. The van der Waals surface area contributed by atoms with E-state index in [9.17, 15) is 4.79 Å². The quantitative estimate of drug-likeness (QED) is 0.872.